The zero-order valence-corrected chi connectivity index (χ0v) is 13.8. The Labute approximate surface area is 122 Å². The summed E-state index contributed by atoms with van der Waals surface area (Å²) in [6.45, 7) is 7.94. The van der Waals surface area contributed by atoms with E-state index >= 15 is 0 Å². The van der Waals surface area contributed by atoms with Crippen LogP contribution in [0.3, 0.4) is 0 Å². The molecule has 0 bridgehead atoms. The average molecular weight is 301 g/mol. The van der Waals surface area contributed by atoms with Crippen molar-refractivity contribution in [2.45, 2.75) is 52.6 Å². The van der Waals surface area contributed by atoms with Crippen LogP contribution in [0.2, 0.25) is 0 Å². The van der Waals surface area contributed by atoms with Gasteiger partial charge in [0, 0.05) is 24.6 Å². The Morgan fingerprint density at radius 2 is 2.05 bits per heavy atom. The monoisotopic (exact) mass is 301 g/mol. The van der Waals surface area contributed by atoms with Crippen molar-refractivity contribution in [3.05, 3.63) is 17.5 Å². The highest BCUT2D eigenvalue weighted by atomic mass is 32.2. The number of hydrogen-bond donors (Lipinski definition) is 1. The van der Waals surface area contributed by atoms with Crippen molar-refractivity contribution in [1.82, 2.24) is 15.1 Å². The van der Waals surface area contributed by atoms with Crippen LogP contribution in [0.15, 0.2) is 6.07 Å². The Bertz CT molecular complexity index is 508. The molecule has 1 aromatic rings. The largest absolute Gasteiger partial charge is 0.309 e. The Morgan fingerprint density at radius 3 is 2.55 bits per heavy atom. The fraction of sp³-hybridized carbons (Fsp3) is 0.786. The summed E-state index contributed by atoms with van der Waals surface area (Å²) in [5.41, 5.74) is 2.26. The first-order chi connectivity index (χ1) is 9.41. The Balaban J connectivity index is 2.81. The third-order valence-corrected chi connectivity index (χ3v) is 4.37. The van der Waals surface area contributed by atoms with E-state index in [-0.39, 0.29) is 11.8 Å². The number of nitrogens with zero attached hydrogens (tertiary/aromatic N) is 2. The lowest BCUT2D eigenvalue weighted by Crippen LogP contribution is -2.24. The molecule has 1 rings (SSSR count). The molecule has 0 aliphatic carbocycles. The molecule has 0 fully saturated rings. The van der Waals surface area contributed by atoms with Gasteiger partial charge in [0.15, 0.2) is 0 Å². The standard InChI is InChI=1S/C14H27N3O2S/c1-5-12-11-14(17(7-3)16-12)13(15-6-2)9-8-10-20(4,18)19/h11,13,15H,5-10H2,1-4H3. The van der Waals surface area contributed by atoms with Crippen LogP contribution in [0.4, 0.5) is 0 Å². The molecule has 1 aromatic heterocycles. The minimum atomic E-state index is -2.88. The molecule has 0 saturated carbocycles. The summed E-state index contributed by atoms with van der Waals surface area (Å²) in [5, 5.41) is 8.01. The number of sulfone groups is 1. The first-order valence-electron chi connectivity index (χ1n) is 7.39. The lowest BCUT2D eigenvalue weighted by Gasteiger charge is -2.18. The molecule has 0 aromatic carbocycles. The maximum absolute atomic E-state index is 11.2. The fourth-order valence-corrected chi connectivity index (χ4v) is 3.04. The molecule has 0 aliphatic heterocycles. The minimum absolute atomic E-state index is 0.175. The van der Waals surface area contributed by atoms with Gasteiger partial charge in [-0.3, -0.25) is 4.68 Å². The zero-order valence-electron chi connectivity index (χ0n) is 13.0. The molecule has 0 spiro atoms. The maximum Gasteiger partial charge on any atom is 0.147 e. The first-order valence-corrected chi connectivity index (χ1v) is 9.45. The van der Waals surface area contributed by atoms with E-state index in [1.54, 1.807) is 0 Å². The second-order valence-electron chi connectivity index (χ2n) is 5.11. The van der Waals surface area contributed by atoms with E-state index in [9.17, 15) is 8.42 Å². The Hall–Kier alpha value is -0.880. The van der Waals surface area contributed by atoms with Gasteiger partial charge in [0.1, 0.15) is 9.84 Å². The van der Waals surface area contributed by atoms with Gasteiger partial charge in [-0.1, -0.05) is 13.8 Å². The lowest BCUT2D eigenvalue weighted by atomic mass is 10.1. The molecule has 0 amide bonds. The molecule has 1 heterocycles. The van der Waals surface area contributed by atoms with Crippen molar-refractivity contribution in [3.63, 3.8) is 0 Å². The summed E-state index contributed by atoms with van der Waals surface area (Å²) in [5.74, 6) is 0.246. The van der Waals surface area contributed by atoms with E-state index in [2.05, 4.69) is 37.3 Å². The predicted octanol–water partition coefficient (Wildman–Crippen LogP) is 1.94. The second kappa shape index (κ2) is 7.78. The molecule has 1 atom stereocenters. The lowest BCUT2D eigenvalue weighted by molar-refractivity contribution is 0.461. The molecule has 6 heteroatoms. The quantitative estimate of drug-likeness (QED) is 0.757. The van der Waals surface area contributed by atoms with Crippen molar-refractivity contribution in [1.29, 1.82) is 0 Å². The third-order valence-electron chi connectivity index (χ3n) is 3.34. The molecule has 5 nitrogen and oxygen atoms in total. The van der Waals surface area contributed by atoms with Gasteiger partial charge >= 0.3 is 0 Å². The smallest absolute Gasteiger partial charge is 0.147 e. The summed E-state index contributed by atoms with van der Waals surface area (Å²) in [7, 11) is -2.88. The van der Waals surface area contributed by atoms with Gasteiger partial charge in [-0.05, 0) is 38.8 Å². The Kier molecular flexibility index (Phi) is 6.68. The van der Waals surface area contributed by atoms with E-state index in [0.29, 0.717) is 6.42 Å². The highest BCUT2D eigenvalue weighted by Crippen LogP contribution is 2.20. The van der Waals surface area contributed by atoms with Gasteiger partial charge in [0.05, 0.1) is 11.4 Å². The molecule has 1 N–H and O–H groups in total. The van der Waals surface area contributed by atoms with Crippen molar-refractivity contribution in [2.75, 3.05) is 18.6 Å². The van der Waals surface area contributed by atoms with E-state index < -0.39 is 9.84 Å². The second-order valence-corrected chi connectivity index (χ2v) is 7.37. The normalized spacial score (nSPS) is 13.6. The van der Waals surface area contributed by atoms with Crippen molar-refractivity contribution in [2.24, 2.45) is 0 Å². The van der Waals surface area contributed by atoms with Gasteiger partial charge < -0.3 is 5.32 Å². The molecule has 0 aliphatic rings. The van der Waals surface area contributed by atoms with Crippen LogP contribution in [0.25, 0.3) is 0 Å². The summed E-state index contributed by atoms with van der Waals surface area (Å²) < 4.78 is 24.5. The highest BCUT2D eigenvalue weighted by molar-refractivity contribution is 7.90. The van der Waals surface area contributed by atoms with E-state index in [1.165, 1.54) is 11.9 Å². The van der Waals surface area contributed by atoms with Crippen LogP contribution in [-0.2, 0) is 22.8 Å². The topological polar surface area (TPSA) is 64.0 Å². The van der Waals surface area contributed by atoms with Crippen molar-refractivity contribution < 1.29 is 8.42 Å². The van der Waals surface area contributed by atoms with Crippen LogP contribution in [0.1, 0.15) is 51.0 Å². The van der Waals surface area contributed by atoms with Gasteiger partial charge in [-0.15, -0.1) is 0 Å². The van der Waals surface area contributed by atoms with Crippen molar-refractivity contribution in [3.8, 4) is 0 Å². The van der Waals surface area contributed by atoms with Crippen LogP contribution in [-0.4, -0.2) is 36.8 Å². The van der Waals surface area contributed by atoms with Gasteiger partial charge in [-0.2, -0.15) is 5.10 Å². The fourth-order valence-electron chi connectivity index (χ4n) is 2.34. The van der Waals surface area contributed by atoms with Crippen LogP contribution < -0.4 is 5.32 Å². The Morgan fingerprint density at radius 1 is 1.35 bits per heavy atom. The maximum atomic E-state index is 11.2. The van der Waals surface area contributed by atoms with Crippen LogP contribution in [0.5, 0.6) is 0 Å². The molecule has 0 radical (unpaired) electrons. The summed E-state index contributed by atoms with van der Waals surface area (Å²) in [4.78, 5) is 0. The highest BCUT2D eigenvalue weighted by Gasteiger charge is 2.17. The number of rotatable bonds is 9. The molecule has 1 unspecified atom stereocenters. The first kappa shape index (κ1) is 17.2. The van der Waals surface area contributed by atoms with E-state index in [1.807, 2.05) is 4.68 Å². The van der Waals surface area contributed by atoms with Crippen LogP contribution >= 0.6 is 0 Å². The number of nitrogens with one attached hydrogen (secondary N) is 1. The van der Waals surface area contributed by atoms with E-state index in [4.69, 9.17) is 0 Å². The van der Waals surface area contributed by atoms with Gasteiger partial charge in [0.2, 0.25) is 0 Å². The number of hydrogen-bond acceptors (Lipinski definition) is 4. The SMILES string of the molecule is CCNC(CCCS(C)(=O)=O)c1cc(CC)nn1CC. The molecule has 116 valence electrons. The molecular weight excluding hydrogens is 274 g/mol. The average Bonchev–Trinajstić information content (AvgIpc) is 2.79. The zero-order chi connectivity index (χ0) is 15.2. The van der Waals surface area contributed by atoms with Crippen LogP contribution in [0, 0.1) is 0 Å². The van der Waals surface area contributed by atoms with Crippen molar-refractivity contribution >= 4 is 9.84 Å². The summed E-state index contributed by atoms with van der Waals surface area (Å²) in [6, 6.07) is 2.31. The summed E-state index contributed by atoms with van der Waals surface area (Å²) in [6.07, 6.45) is 3.70. The molecular formula is C14H27N3O2S. The third kappa shape index (κ3) is 5.25. The molecule has 20 heavy (non-hydrogen) atoms. The minimum Gasteiger partial charge on any atom is -0.309 e. The van der Waals surface area contributed by atoms with Gasteiger partial charge in [0.25, 0.3) is 0 Å². The predicted molar refractivity (Wildman–Crippen MR) is 82.6 cm³/mol. The van der Waals surface area contributed by atoms with Gasteiger partial charge in [-0.25, -0.2) is 8.42 Å². The van der Waals surface area contributed by atoms with E-state index in [0.717, 1.165) is 31.6 Å². The number of aryl methyl sites for hydroxylation is 2. The summed E-state index contributed by atoms with van der Waals surface area (Å²) >= 11 is 0. The molecule has 0 saturated heterocycles. The number of aromatic nitrogens is 2.